The van der Waals surface area contributed by atoms with Gasteiger partial charge in [-0.25, -0.2) is 4.79 Å². The molecule has 1 unspecified atom stereocenters. The van der Waals surface area contributed by atoms with Crippen LogP contribution < -0.4 is 0 Å². The van der Waals surface area contributed by atoms with Crippen molar-refractivity contribution in [2.24, 2.45) is 5.92 Å². The molecule has 0 saturated carbocycles. The minimum absolute atomic E-state index is 0.0325. The summed E-state index contributed by atoms with van der Waals surface area (Å²) in [6.45, 7) is 11.6. The monoisotopic (exact) mass is 438 g/mol. The van der Waals surface area contributed by atoms with E-state index in [1.165, 1.54) is 29.8 Å². The Morgan fingerprint density at radius 2 is 1.59 bits per heavy atom. The predicted molar refractivity (Wildman–Crippen MR) is 128 cm³/mol. The van der Waals surface area contributed by atoms with Gasteiger partial charge in [0.25, 0.3) is 0 Å². The van der Waals surface area contributed by atoms with Gasteiger partial charge in [0.2, 0.25) is 0 Å². The van der Waals surface area contributed by atoms with Gasteiger partial charge in [-0.15, -0.1) is 0 Å². The fourth-order valence-electron chi connectivity index (χ4n) is 3.33. The van der Waals surface area contributed by atoms with Gasteiger partial charge in [0, 0.05) is 5.92 Å². The molecule has 0 aliphatic heterocycles. The highest BCUT2D eigenvalue weighted by Crippen LogP contribution is 2.24. The smallest absolute Gasteiger partial charge is 0.336 e. The van der Waals surface area contributed by atoms with Gasteiger partial charge in [-0.1, -0.05) is 40.5 Å². The molecule has 1 aromatic rings. The van der Waals surface area contributed by atoms with E-state index >= 15 is 0 Å². The van der Waals surface area contributed by atoms with Crippen molar-refractivity contribution >= 4 is 17.5 Å². The maximum Gasteiger partial charge on any atom is 0.336 e. The molecular weight excluding hydrogens is 404 g/mol. The van der Waals surface area contributed by atoms with Crippen LogP contribution in [-0.2, 0) is 4.79 Å². The van der Waals surface area contributed by atoms with Crippen LogP contribution in [0.1, 0.15) is 81.5 Å². The summed E-state index contributed by atoms with van der Waals surface area (Å²) in [5, 5.41) is 19.3. The zero-order valence-electron chi connectivity index (χ0n) is 19.9. The summed E-state index contributed by atoms with van der Waals surface area (Å²) in [7, 11) is 0. The van der Waals surface area contributed by atoms with Gasteiger partial charge in [-0.2, -0.15) is 0 Å². The summed E-state index contributed by atoms with van der Waals surface area (Å²) in [4.78, 5) is 37.0. The van der Waals surface area contributed by atoms with Crippen LogP contribution in [0.3, 0.4) is 0 Å². The molecule has 5 nitrogen and oxygen atoms in total. The highest BCUT2D eigenvalue weighted by Gasteiger charge is 2.20. The van der Waals surface area contributed by atoms with Crippen LogP contribution in [0.2, 0.25) is 0 Å². The molecule has 1 aromatic carbocycles. The Hall–Kier alpha value is -3.21. The minimum Gasteiger partial charge on any atom is -0.507 e. The lowest BCUT2D eigenvalue weighted by molar-refractivity contribution is -0.117. The molecule has 32 heavy (non-hydrogen) atoms. The van der Waals surface area contributed by atoms with Crippen LogP contribution in [0.4, 0.5) is 0 Å². The number of hydrogen-bond acceptors (Lipinski definition) is 4. The lowest BCUT2D eigenvalue weighted by Gasteiger charge is -2.12. The Morgan fingerprint density at radius 1 is 0.938 bits per heavy atom. The Bertz CT molecular complexity index is 981. The number of phenolic OH excluding ortho intramolecular Hbond substituents is 1. The average Bonchev–Trinajstić information content (AvgIpc) is 2.66. The lowest BCUT2D eigenvalue weighted by Crippen LogP contribution is -2.12. The van der Waals surface area contributed by atoms with E-state index in [-0.39, 0.29) is 22.7 Å². The first-order valence-electron chi connectivity index (χ1n) is 10.7. The molecular formula is C27H34O5. The Kier molecular flexibility index (Phi) is 10.6. The number of carboxylic acids is 1. The van der Waals surface area contributed by atoms with Crippen molar-refractivity contribution in [3.05, 3.63) is 75.9 Å². The first-order chi connectivity index (χ1) is 14.9. The van der Waals surface area contributed by atoms with Crippen LogP contribution in [0.15, 0.2) is 64.8 Å². The third-order valence-corrected chi connectivity index (χ3v) is 4.82. The summed E-state index contributed by atoms with van der Waals surface area (Å²) in [6, 6.07) is 3.93. The molecule has 0 amide bonds. The second-order valence-corrected chi connectivity index (χ2v) is 8.63. The molecule has 0 aromatic heterocycles. The van der Waals surface area contributed by atoms with Crippen LogP contribution in [0.25, 0.3) is 0 Å². The van der Waals surface area contributed by atoms with E-state index in [9.17, 15) is 24.6 Å². The maximum absolute atomic E-state index is 12.9. The van der Waals surface area contributed by atoms with Gasteiger partial charge < -0.3 is 10.2 Å². The molecule has 0 saturated heterocycles. The van der Waals surface area contributed by atoms with Gasteiger partial charge >= 0.3 is 5.97 Å². The Balaban J connectivity index is 3.10. The summed E-state index contributed by atoms with van der Waals surface area (Å²) in [6.07, 6.45) is 8.99. The van der Waals surface area contributed by atoms with E-state index in [2.05, 4.69) is 6.08 Å². The number of aromatic carboxylic acids is 1. The van der Waals surface area contributed by atoms with E-state index in [1.807, 2.05) is 40.7 Å². The average molecular weight is 439 g/mol. The fourth-order valence-corrected chi connectivity index (χ4v) is 3.33. The second-order valence-electron chi connectivity index (χ2n) is 8.63. The molecule has 2 N–H and O–H groups in total. The third-order valence-electron chi connectivity index (χ3n) is 4.82. The quantitative estimate of drug-likeness (QED) is 0.235. The van der Waals surface area contributed by atoms with E-state index in [0.29, 0.717) is 12.0 Å². The lowest BCUT2D eigenvalue weighted by atomic mass is 9.91. The standard InChI is InChI=1S/C27H34O5/c1-17(2)9-7-10-19(5)15-24(29)21(13-18(3)4)14-20(6)16-25(30)26-22(27(31)32)11-8-12-23(26)28/h8-9,11-13,15-16,21,28H,7,10,14H2,1-6H3,(H,31,32)/b19-15+,20-16+. The molecule has 1 atom stereocenters. The van der Waals surface area contributed by atoms with E-state index in [1.54, 1.807) is 13.0 Å². The fraction of sp³-hybridized carbons (Fsp3) is 0.370. The number of rotatable bonds is 11. The van der Waals surface area contributed by atoms with Crippen molar-refractivity contribution in [2.45, 2.75) is 60.8 Å². The van der Waals surface area contributed by atoms with E-state index in [0.717, 1.165) is 24.0 Å². The van der Waals surface area contributed by atoms with Crippen LogP contribution in [0, 0.1) is 5.92 Å². The number of aromatic hydroxyl groups is 1. The molecule has 0 fully saturated rings. The van der Waals surface area contributed by atoms with Crippen LogP contribution in [-0.4, -0.2) is 27.7 Å². The number of carbonyl (C=O) groups is 3. The van der Waals surface area contributed by atoms with E-state index in [4.69, 9.17) is 0 Å². The molecule has 0 radical (unpaired) electrons. The van der Waals surface area contributed by atoms with E-state index < -0.39 is 17.7 Å². The molecule has 172 valence electrons. The summed E-state index contributed by atoms with van der Waals surface area (Å²) in [5.41, 5.74) is 3.35. The highest BCUT2D eigenvalue weighted by molar-refractivity contribution is 6.13. The van der Waals surface area contributed by atoms with Gasteiger partial charge in [0.1, 0.15) is 5.75 Å². The number of carboxylic acid groups (broad SMARTS) is 1. The summed E-state index contributed by atoms with van der Waals surface area (Å²) >= 11 is 0. The zero-order chi connectivity index (χ0) is 24.4. The third kappa shape index (κ3) is 8.88. The molecule has 0 bridgehead atoms. The van der Waals surface area contributed by atoms with Crippen molar-refractivity contribution in [3.8, 4) is 5.75 Å². The highest BCUT2D eigenvalue weighted by atomic mass is 16.4. The largest absolute Gasteiger partial charge is 0.507 e. The van der Waals surface area contributed by atoms with Crippen LogP contribution in [0.5, 0.6) is 5.75 Å². The summed E-state index contributed by atoms with van der Waals surface area (Å²) in [5.74, 6) is -2.73. The molecule has 0 aliphatic carbocycles. The van der Waals surface area contributed by atoms with Crippen molar-refractivity contribution in [1.29, 1.82) is 0 Å². The molecule has 1 rings (SSSR count). The number of carbonyl (C=O) groups excluding carboxylic acids is 2. The zero-order valence-corrected chi connectivity index (χ0v) is 19.9. The predicted octanol–water partition coefficient (Wildman–Crippen LogP) is 6.45. The summed E-state index contributed by atoms with van der Waals surface area (Å²) < 4.78 is 0. The van der Waals surface area contributed by atoms with Gasteiger partial charge in [-0.3, -0.25) is 9.59 Å². The number of ketones is 2. The van der Waals surface area contributed by atoms with Crippen molar-refractivity contribution in [2.75, 3.05) is 0 Å². The molecule has 0 aliphatic rings. The first-order valence-corrected chi connectivity index (χ1v) is 10.7. The number of phenols is 1. The minimum atomic E-state index is -1.29. The maximum atomic E-state index is 12.9. The molecule has 0 spiro atoms. The topological polar surface area (TPSA) is 91.7 Å². The van der Waals surface area contributed by atoms with Gasteiger partial charge in [0.15, 0.2) is 11.6 Å². The number of allylic oxidation sites excluding steroid dienone is 8. The van der Waals surface area contributed by atoms with Gasteiger partial charge in [-0.05, 0) is 85.1 Å². The Morgan fingerprint density at radius 3 is 2.16 bits per heavy atom. The first kappa shape index (κ1) is 26.8. The Labute approximate surface area is 190 Å². The van der Waals surface area contributed by atoms with Crippen molar-refractivity contribution < 1.29 is 24.6 Å². The van der Waals surface area contributed by atoms with Crippen LogP contribution >= 0.6 is 0 Å². The van der Waals surface area contributed by atoms with Crippen molar-refractivity contribution in [1.82, 2.24) is 0 Å². The molecule has 5 heteroatoms. The normalized spacial score (nSPS) is 12.7. The molecule has 0 heterocycles. The number of benzene rings is 1. The van der Waals surface area contributed by atoms with Crippen molar-refractivity contribution in [3.63, 3.8) is 0 Å². The SMILES string of the molecule is CC(C)=CCC/C(C)=C/C(=O)C(C=C(C)C)C/C(C)=C/C(=O)c1c(O)cccc1C(=O)O. The second kappa shape index (κ2) is 12.6. The van der Waals surface area contributed by atoms with Gasteiger partial charge in [0.05, 0.1) is 11.1 Å². The number of hydrogen-bond donors (Lipinski definition) is 2.